The minimum absolute atomic E-state index is 0.948. The Kier molecular flexibility index (Phi) is 2.49. The van der Waals surface area contributed by atoms with Crippen molar-refractivity contribution < 1.29 is 8.98 Å². The van der Waals surface area contributed by atoms with Gasteiger partial charge in [0.25, 0.3) is 0 Å². The highest BCUT2D eigenvalue weighted by atomic mass is 16.3. The van der Waals surface area contributed by atoms with Gasteiger partial charge in [0.1, 0.15) is 18.2 Å². The number of pyridine rings is 1. The van der Waals surface area contributed by atoms with Crippen molar-refractivity contribution in [2.24, 2.45) is 14.1 Å². The van der Waals surface area contributed by atoms with Crippen molar-refractivity contribution in [3.8, 4) is 0 Å². The van der Waals surface area contributed by atoms with E-state index < -0.39 is 0 Å². The first-order valence-corrected chi connectivity index (χ1v) is 8.25. The molecule has 3 heteroatoms. The number of hydrogen-bond acceptors (Lipinski definition) is 1. The van der Waals surface area contributed by atoms with E-state index in [2.05, 4.69) is 79.8 Å². The van der Waals surface area contributed by atoms with Crippen LogP contribution in [0.15, 0.2) is 47.1 Å². The number of aryl methyl sites for hydroxylation is 4. The van der Waals surface area contributed by atoms with Gasteiger partial charge >= 0.3 is 0 Å². The van der Waals surface area contributed by atoms with Gasteiger partial charge in [-0.25, -0.2) is 4.57 Å². The molecule has 5 aromatic rings. The summed E-state index contributed by atoms with van der Waals surface area (Å²) in [5.74, 6) is 0. The monoisotopic (exact) mass is 315 g/mol. The maximum absolute atomic E-state index is 6.41. The third-order valence-corrected chi connectivity index (χ3v) is 5.35. The molecule has 0 atom stereocenters. The van der Waals surface area contributed by atoms with E-state index >= 15 is 0 Å². The quantitative estimate of drug-likeness (QED) is 0.231. The van der Waals surface area contributed by atoms with Crippen molar-refractivity contribution >= 4 is 43.7 Å². The number of fused-ring (bicyclic) bond motifs is 3. The molecule has 0 aliphatic carbocycles. The molecule has 2 aromatic carbocycles. The van der Waals surface area contributed by atoms with Gasteiger partial charge in [-0.3, -0.25) is 0 Å². The number of nitrogens with zero attached hydrogens (tertiary/aromatic N) is 2. The Labute approximate surface area is 139 Å². The normalized spacial score (nSPS) is 12.2. The second kappa shape index (κ2) is 4.38. The van der Waals surface area contributed by atoms with Gasteiger partial charge in [-0.1, -0.05) is 12.1 Å². The van der Waals surface area contributed by atoms with Crippen molar-refractivity contribution in [3.63, 3.8) is 0 Å². The Morgan fingerprint density at radius 3 is 2.67 bits per heavy atom. The van der Waals surface area contributed by atoms with Crippen molar-refractivity contribution in [1.82, 2.24) is 4.57 Å². The summed E-state index contributed by atoms with van der Waals surface area (Å²) in [6.07, 6.45) is 4.27. The fourth-order valence-electron chi connectivity index (χ4n) is 4.19. The van der Waals surface area contributed by atoms with E-state index in [9.17, 15) is 0 Å². The Balaban J connectivity index is 2.24. The minimum Gasteiger partial charge on any atom is -0.456 e. The summed E-state index contributed by atoms with van der Waals surface area (Å²) in [5.41, 5.74) is 6.95. The molecule has 0 amide bonds. The number of hydrogen-bond donors (Lipinski definition) is 0. The molecular formula is C21H19N2O+. The lowest BCUT2D eigenvalue weighted by atomic mass is 9.98. The molecule has 3 aromatic heterocycles. The van der Waals surface area contributed by atoms with Crippen LogP contribution in [0.4, 0.5) is 0 Å². The summed E-state index contributed by atoms with van der Waals surface area (Å²) in [4.78, 5) is 0. The molecule has 0 fully saturated rings. The summed E-state index contributed by atoms with van der Waals surface area (Å²) in [7, 11) is 4.23. The van der Waals surface area contributed by atoms with Gasteiger partial charge < -0.3 is 8.98 Å². The lowest BCUT2D eigenvalue weighted by Crippen LogP contribution is -2.25. The van der Waals surface area contributed by atoms with E-state index in [4.69, 9.17) is 4.42 Å². The van der Waals surface area contributed by atoms with E-state index in [1.54, 1.807) is 0 Å². The van der Waals surface area contributed by atoms with Crippen molar-refractivity contribution in [3.05, 3.63) is 53.9 Å². The van der Waals surface area contributed by atoms with Crippen molar-refractivity contribution in [1.29, 1.82) is 0 Å². The number of benzene rings is 2. The van der Waals surface area contributed by atoms with Crippen LogP contribution in [0.25, 0.3) is 43.7 Å². The zero-order chi connectivity index (χ0) is 16.6. The van der Waals surface area contributed by atoms with Crippen LogP contribution in [0.3, 0.4) is 0 Å². The van der Waals surface area contributed by atoms with Gasteiger partial charge in [0.05, 0.1) is 16.3 Å². The molecule has 0 spiro atoms. The highest BCUT2D eigenvalue weighted by Crippen LogP contribution is 2.39. The van der Waals surface area contributed by atoms with E-state index in [1.165, 1.54) is 43.7 Å². The number of aromatic nitrogens is 2. The summed E-state index contributed by atoms with van der Waals surface area (Å²) in [5, 5.41) is 4.90. The summed E-state index contributed by atoms with van der Waals surface area (Å²) in [6.45, 7) is 4.37. The second-order valence-corrected chi connectivity index (χ2v) is 6.74. The van der Waals surface area contributed by atoms with Crippen molar-refractivity contribution in [2.45, 2.75) is 13.8 Å². The standard InChI is InChI=1S/C21H19N2O/c1-12-15-9-11-22(3)19(15)13(2)17-20-18-14(8-10-23(20)4)6-5-7-16(18)24-21(12)17/h5-11H,1-4H3/q+1. The van der Waals surface area contributed by atoms with Gasteiger partial charge in [-0.15, -0.1) is 0 Å². The fourth-order valence-corrected chi connectivity index (χ4v) is 4.19. The van der Waals surface area contributed by atoms with Crippen LogP contribution < -0.4 is 4.57 Å². The second-order valence-electron chi connectivity index (χ2n) is 6.74. The molecule has 0 N–H and O–H groups in total. The molecule has 5 rings (SSSR count). The largest absolute Gasteiger partial charge is 0.456 e. The van der Waals surface area contributed by atoms with E-state index in [-0.39, 0.29) is 0 Å². The summed E-state index contributed by atoms with van der Waals surface area (Å²) in [6, 6.07) is 10.6. The van der Waals surface area contributed by atoms with Crippen LogP contribution in [0.5, 0.6) is 0 Å². The average Bonchev–Trinajstić information content (AvgIpc) is 2.97. The van der Waals surface area contributed by atoms with Gasteiger partial charge in [0.2, 0.25) is 5.52 Å². The Hall–Kier alpha value is -2.81. The Morgan fingerprint density at radius 2 is 1.83 bits per heavy atom. The predicted octanol–water partition coefficient (Wildman–Crippen LogP) is 4.67. The lowest BCUT2D eigenvalue weighted by molar-refractivity contribution is -0.642. The highest BCUT2D eigenvalue weighted by Gasteiger charge is 2.22. The van der Waals surface area contributed by atoms with Gasteiger partial charge in [0, 0.05) is 35.8 Å². The first-order chi connectivity index (χ1) is 11.6. The first-order valence-electron chi connectivity index (χ1n) is 8.25. The molecule has 3 nitrogen and oxygen atoms in total. The van der Waals surface area contributed by atoms with E-state index in [0.717, 1.165) is 11.2 Å². The molecule has 0 saturated heterocycles. The molecule has 3 heterocycles. The van der Waals surface area contributed by atoms with Crippen LogP contribution >= 0.6 is 0 Å². The van der Waals surface area contributed by atoms with Crippen LogP contribution in [-0.2, 0) is 14.1 Å². The molecule has 0 aliphatic rings. The zero-order valence-corrected chi connectivity index (χ0v) is 14.3. The molecule has 0 aliphatic heterocycles. The molecule has 0 radical (unpaired) electrons. The third-order valence-electron chi connectivity index (χ3n) is 5.35. The molecule has 24 heavy (non-hydrogen) atoms. The van der Waals surface area contributed by atoms with Crippen LogP contribution in [-0.4, -0.2) is 4.57 Å². The summed E-state index contributed by atoms with van der Waals surface area (Å²) < 4.78 is 10.8. The third kappa shape index (κ3) is 1.49. The molecule has 0 bridgehead atoms. The maximum Gasteiger partial charge on any atom is 0.216 e. The topological polar surface area (TPSA) is 21.9 Å². The SMILES string of the molecule is Cc1c2cc[n+](C)c2c(C)c2c1oc1cccc3ccn(C)c2c31. The molecule has 118 valence electrons. The van der Waals surface area contributed by atoms with Crippen molar-refractivity contribution in [2.75, 3.05) is 0 Å². The van der Waals surface area contributed by atoms with Crippen LogP contribution in [0, 0.1) is 13.8 Å². The van der Waals surface area contributed by atoms with Gasteiger partial charge in [0.15, 0.2) is 6.20 Å². The maximum atomic E-state index is 6.41. The Bertz CT molecular complexity index is 1290. The zero-order valence-electron chi connectivity index (χ0n) is 14.3. The highest BCUT2D eigenvalue weighted by molar-refractivity contribution is 6.19. The van der Waals surface area contributed by atoms with E-state index in [0.29, 0.717) is 0 Å². The molecular weight excluding hydrogens is 296 g/mol. The van der Waals surface area contributed by atoms with Crippen LogP contribution in [0.2, 0.25) is 0 Å². The van der Waals surface area contributed by atoms with Gasteiger partial charge in [-0.2, -0.15) is 0 Å². The van der Waals surface area contributed by atoms with Crippen LogP contribution in [0.1, 0.15) is 11.1 Å². The fraction of sp³-hybridized carbons (Fsp3) is 0.190. The molecule has 0 unspecified atom stereocenters. The minimum atomic E-state index is 0.948. The van der Waals surface area contributed by atoms with Gasteiger partial charge in [-0.05, 0) is 31.4 Å². The number of rotatable bonds is 0. The van der Waals surface area contributed by atoms with E-state index in [1.807, 2.05) is 0 Å². The summed E-state index contributed by atoms with van der Waals surface area (Å²) >= 11 is 0. The smallest absolute Gasteiger partial charge is 0.216 e. The average molecular weight is 315 g/mol. The Morgan fingerprint density at radius 1 is 1.00 bits per heavy atom. The molecule has 0 saturated carbocycles. The first kappa shape index (κ1) is 13.6. The predicted molar refractivity (Wildman–Crippen MR) is 98.4 cm³/mol. The lowest BCUT2D eigenvalue weighted by Gasteiger charge is -2.15.